The lowest BCUT2D eigenvalue weighted by atomic mass is 10.0. The fourth-order valence-electron chi connectivity index (χ4n) is 3.92. The van der Waals surface area contributed by atoms with Crippen LogP contribution in [0.1, 0.15) is 32.3 Å². The molecule has 2 heterocycles. The summed E-state index contributed by atoms with van der Waals surface area (Å²) in [7, 11) is 0. The zero-order valence-electron chi connectivity index (χ0n) is 16.4. The number of carbonyl (C=O) groups is 1. The van der Waals surface area contributed by atoms with E-state index in [-0.39, 0.29) is 18.1 Å². The molecule has 0 N–H and O–H groups in total. The number of likely N-dealkylation sites (tertiary alicyclic amines) is 1. The topological polar surface area (TPSA) is 59.8 Å². The average Bonchev–Trinajstić information content (AvgIpc) is 2.73. The molecule has 1 unspecified atom stereocenters. The van der Waals surface area contributed by atoms with Gasteiger partial charge < -0.3 is 14.5 Å². The number of amides is 1. The highest BCUT2D eigenvalue weighted by Crippen LogP contribution is 2.21. The molecule has 1 aromatic carbocycles. The van der Waals surface area contributed by atoms with Crippen LogP contribution in [-0.2, 0) is 4.79 Å². The monoisotopic (exact) mass is 370 g/mol. The van der Waals surface area contributed by atoms with Gasteiger partial charge in [-0.2, -0.15) is 5.26 Å². The van der Waals surface area contributed by atoms with Crippen LogP contribution in [-0.4, -0.2) is 78.6 Å². The van der Waals surface area contributed by atoms with Crippen LogP contribution in [0.4, 0.5) is 0 Å². The normalized spacial score (nSPS) is 20.9. The molecule has 146 valence electrons. The Morgan fingerprint density at radius 2 is 1.93 bits per heavy atom. The quantitative estimate of drug-likeness (QED) is 0.793. The third-order valence-electron chi connectivity index (χ3n) is 5.78. The first kappa shape index (κ1) is 19.7. The summed E-state index contributed by atoms with van der Waals surface area (Å²) in [5, 5.41) is 9.00. The van der Waals surface area contributed by atoms with Gasteiger partial charge in [0.05, 0.1) is 17.7 Å². The van der Waals surface area contributed by atoms with E-state index in [1.54, 1.807) is 12.1 Å². The largest absolute Gasteiger partial charge is 0.490 e. The van der Waals surface area contributed by atoms with E-state index in [2.05, 4.69) is 22.8 Å². The smallest absolute Gasteiger partial charge is 0.239 e. The molecule has 2 saturated heterocycles. The number of nitrogens with zero attached hydrogens (tertiary/aromatic N) is 4. The van der Waals surface area contributed by atoms with Crippen LogP contribution in [0.3, 0.4) is 0 Å². The lowest BCUT2D eigenvalue weighted by molar-refractivity contribution is -0.139. The molecule has 2 fully saturated rings. The predicted octanol–water partition coefficient (Wildman–Crippen LogP) is 1.95. The van der Waals surface area contributed by atoms with Gasteiger partial charge in [-0.25, -0.2) is 0 Å². The van der Waals surface area contributed by atoms with Crippen LogP contribution >= 0.6 is 0 Å². The van der Waals surface area contributed by atoms with E-state index in [4.69, 9.17) is 10.00 Å². The highest BCUT2D eigenvalue weighted by atomic mass is 16.5. The van der Waals surface area contributed by atoms with Crippen molar-refractivity contribution in [3.8, 4) is 11.8 Å². The Labute approximate surface area is 162 Å². The zero-order valence-corrected chi connectivity index (χ0v) is 16.4. The first-order chi connectivity index (χ1) is 13.1. The van der Waals surface area contributed by atoms with Crippen LogP contribution in [0.5, 0.6) is 5.75 Å². The predicted molar refractivity (Wildman–Crippen MR) is 105 cm³/mol. The van der Waals surface area contributed by atoms with Gasteiger partial charge in [0.25, 0.3) is 0 Å². The minimum atomic E-state index is -0.0685. The molecule has 1 aromatic rings. The summed E-state index contributed by atoms with van der Waals surface area (Å²) in [5.41, 5.74) is 0.618. The Balaban J connectivity index is 1.47. The summed E-state index contributed by atoms with van der Waals surface area (Å²) < 4.78 is 6.05. The van der Waals surface area contributed by atoms with E-state index in [1.165, 1.54) is 0 Å². The second-order valence-electron chi connectivity index (χ2n) is 7.43. The Kier molecular flexibility index (Phi) is 6.70. The second-order valence-corrected chi connectivity index (χ2v) is 7.43. The van der Waals surface area contributed by atoms with Crippen molar-refractivity contribution in [1.29, 1.82) is 5.26 Å². The summed E-state index contributed by atoms with van der Waals surface area (Å²) in [6, 6.07) is 9.39. The molecule has 2 aliphatic rings. The van der Waals surface area contributed by atoms with Gasteiger partial charge in [0.15, 0.2) is 0 Å². The maximum Gasteiger partial charge on any atom is 0.239 e. The Hall–Kier alpha value is -2.10. The highest BCUT2D eigenvalue weighted by Gasteiger charge is 2.31. The maximum atomic E-state index is 12.8. The number of piperazine rings is 1. The van der Waals surface area contributed by atoms with Crippen LogP contribution in [0.25, 0.3) is 0 Å². The Bertz CT molecular complexity index is 671. The number of ether oxygens (including phenoxy) is 1. The highest BCUT2D eigenvalue weighted by molar-refractivity contribution is 5.81. The van der Waals surface area contributed by atoms with Crippen molar-refractivity contribution in [2.45, 2.75) is 38.8 Å². The Morgan fingerprint density at radius 1 is 1.22 bits per heavy atom. The van der Waals surface area contributed by atoms with E-state index in [1.807, 2.05) is 24.0 Å². The van der Waals surface area contributed by atoms with Crippen molar-refractivity contribution in [2.75, 3.05) is 45.8 Å². The zero-order chi connectivity index (χ0) is 19.2. The lowest BCUT2D eigenvalue weighted by Gasteiger charge is -2.40. The fourth-order valence-corrected chi connectivity index (χ4v) is 3.92. The summed E-state index contributed by atoms with van der Waals surface area (Å²) >= 11 is 0. The van der Waals surface area contributed by atoms with Crippen LogP contribution < -0.4 is 4.74 Å². The van der Waals surface area contributed by atoms with Crippen molar-refractivity contribution < 1.29 is 9.53 Å². The van der Waals surface area contributed by atoms with Crippen molar-refractivity contribution in [2.24, 2.45) is 0 Å². The van der Waals surface area contributed by atoms with Crippen LogP contribution in [0, 0.1) is 11.3 Å². The summed E-state index contributed by atoms with van der Waals surface area (Å²) in [4.78, 5) is 19.5. The Morgan fingerprint density at radius 3 is 2.56 bits per heavy atom. The molecule has 0 aliphatic carbocycles. The minimum Gasteiger partial charge on any atom is -0.490 e. The number of hydrogen-bond donors (Lipinski definition) is 0. The van der Waals surface area contributed by atoms with Gasteiger partial charge in [0.2, 0.25) is 5.91 Å². The standard InChI is InChI=1S/C21H30N4O2/c1-3-23-11-13-25(14-12-23)21(26)17(2)24-9-7-19(8-10-24)27-20-6-4-5-18(15-20)16-22/h4-6,15,17,19H,3,7-14H2,1-2H3. The number of piperidine rings is 1. The molecule has 27 heavy (non-hydrogen) atoms. The fraction of sp³-hybridized carbons (Fsp3) is 0.619. The molecule has 0 aromatic heterocycles. The molecule has 2 aliphatic heterocycles. The minimum absolute atomic E-state index is 0.0685. The summed E-state index contributed by atoms with van der Waals surface area (Å²) in [6.07, 6.45) is 1.95. The number of likely N-dealkylation sites (N-methyl/N-ethyl adjacent to an activating group) is 1. The molecule has 3 rings (SSSR count). The molecule has 1 atom stereocenters. The van der Waals surface area contributed by atoms with E-state index in [9.17, 15) is 4.79 Å². The molecule has 0 radical (unpaired) electrons. The van der Waals surface area contributed by atoms with Crippen LogP contribution in [0.2, 0.25) is 0 Å². The van der Waals surface area contributed by atoms with E-state index >= 15 is 0 Å². The number of rotatable bonds is 5. The van der Waals surface area contributed by atoms with Gasteiger partial charge >= 0.3 is 0 Å². The van der Waals surface area contributed by atoms with Crippen molar-refractivity contribution in [3.05, 3.63) is 29.8 Å². The number of benzene rings is 1. The SMILES string of the molecule is CCN1CCN(C(=O)C(C)N2CCC(Oc3cccc(C#N)c3)CC2)CC1. The summed E-state index contributed by atoms with van der Waals surface area (Å²) in [5.74, 6) is 1.01. The second kappa shape index (κ2) is 9.20. The first-order valence-electron chi connectivity index (χ1n) is 10.0. The van der Waals surface area contributed by atoms with Gasteiger partial charge in [-0.05, 0) is 44.5 Å². The van der Waals surface area contributed by atoms with Gasteiger partial charge in [0, 0.05) is 39.3 Å². The van der Waals surface area contributed by atoms with Crippen LogP contribution in [0.15, 0.2) is 24.3 Å². The van der Waals surface area contributed by atoms with Crippen molar-refractivity contribution in [3.63, 3.8) is 0 Å². The van der Waals surface area contributed by atoms with Crippen molar-refractivity contribution in [1.82, 2.24) is 14.7 Å². The molecular formula is C21H30N4O2. The average molecular weight is 370 g/mol. The van der Waals surface area contributed by atoms with E-state index in [0.29, 0.717) is 5.56 Å². The van der Waals surface area contributed by atoms with E-state index < -0.39 is 0 Å². The van der Waals surface area contributed by atoms with Crippen molar-refractivity contribution >= 4 is 5.91 Å². The summed E-state index contributed by atoms with van der Waals surface area (Å²) in [6.45, 7) is 10.6. The van der Waals surface area contributed by atoms with Gasteiger partial charge in [-0.3, -0.25) is 9.69 Å². The van der Waals surface area contributed by atoms with Gasteiger partial charge in [0.1, 0.15) is 11.9 Å². The molecule has 0 spiro atoms. The van der Waals surface area contributed by atoms with Gasteiger partial charge in [-0.1, -0.05) is 13.0 Å². The number of hydrogen-bond acceptors (Lipinski definition) is 5. The number of carbonyl (C=O) groups excluding carboxylic acids is 1. The third-order valence-corrected chi connectivity index (χ3v) is 5.78. The molecule has 6 nitrogen and oxygen atoms in total. The van der Waals surface area contributed by atoms with Gasteiger partial charge in [-0.15, -0.1) is 0 Å². The molecule has 0 saturated carbocycles. The maximum absolute atomic E-state index is 12.8. The first-order valence-corrected chi connectivity index (χ1v) is 10.0. The lowest BCUT2D eigenvalue weighted by Crippen LogP contribution is -2.55. The molecule has 1 amide bonds. The molecule has 6 heteroatoms. The number of nitriles is 1. The van der Waals surface area contributed by atoms with E-state index in [0.717, 1.165) is 64.4 Å². The molecule has 0 bridgehead atoms. The third kappa shape index (κ3) is 5.00. The molecular weight excluding hydrogens is 340 g/mol.